The average Bonchev–Trinajstić information content (AvgIpc) is 3.27. The molecule has 0 saturated carbocycles. The van der Waals surface area contributed by atoms with Crippen LogP contribution in [0.25, 0.3) is 11.3 Å². The number of guanidine groups is 1. The third kappa shape index (κ3) is 5.26. The lowest BCUT2D eigenvalue weighted by Crippen LogP contribution is -2.26. The Morgan fingerprint density at radius 1 is 1.33 bits per heavy atom. The van der Waals surface area contributed by atoms with E-state index in [2.05, 4.69) is 25.9 Å². The molecule has 3 rings (SSSR count). The number of nitrogens with zero attached hydrogens (tertiary/aromatic N) is 3. The molecule has 2 aromatic carbocycles. The fourth-order valence-electron chi connectivity index (χ4n) is 2.64. The van der Waals surface area contributed by atoms with Crippen molar-refractivity contribution in [1.29, 1.82) is 5.26 Å². The summed E-state index contributed by atoms with van der Waals surface area (Å²) in [5.74, 6) is 1.28. The van der Waals surface area contributed by atoms with E-state index in [1.165, 1.54) is 13.5 Å². The van der Waals surface area contributed by atoms with Gasteiger partial charge in [0, 0.05) is 18.3 Å². The van der Waals surface area contributed by atoms with E-state index < -0.39 is 6.09 Å². The van der Waals surface area contributed by atoms with Crippen LogP contribution in [0.2, 0.25) is 0 Å². The molecule has 1 heterocycles. The van der Waals surface area contributed by atoms with Crippen LogP contribution in [0, 0.1) is 11.5 Å². The Kier molecular flexibility index (Phi) is 6.48. The van der Waals surface area contributed by atoms with Gasteiger partial charge in [-0.25, -0.2) is 14.8 Å². The predicted molar refractivity (Wildman–Crippen MR) is 109 cm³/mol. The van der Waals surface area contributed by atoms with Gasteiger partial charge in [0.05, 0.1) is 24.6 Å². The number of hydrogen-bond acceptors (Lipinski definition) is 6. The minimum absolute atomic E-state index is 0.156. The highest BCUT2D eigenvalue weighted by Gasteiger charge is 2.10. The highest BCUT2D eigenvalue weighted by Crippen LogP contribution is 2.33. The van der Waals surface area contributed by atoms with Crippen LogP contribution in [0.15, 0.2) is 64.5 Å². The van der Waals surface area contributed by atoms with Crippen molar-refractivity contribution in [3.63, 3.8) is 0 Å². The molecule has 152 valence electrons. The maximum absolute atomic E-state index is 10.7. The minimum Gasteiger partial charge on any atom is -0.496 e. The minimum atomic E-state index is -1.11. The first-order valence-electron chi connectivity index (χ1n) is 8.72. The number of nitrogens with one attached hydrogen (secondary N) is 3. The highest BCUT2D eigenvalue weighted by atomic mass is 16.5. The molecule has 1 amide bonds. The Bertz CT molecular complexity index is 1090. The first-order valence-corrected chi connectivity index (χ1v) is 8.72. The first kappa shape index (κ1) is 20.2. The molecular weight excluding hydrogens is 388 g/mol. The molecule has 0 aliphatic rings. The van der Waals surface area contributed by atoms with Crippen LogP contribution in [0.1, 0.15) is 5.56 Å². The fraction of sp³-hybridized carbons (Fsp3) is 0.100. The second-order valence-electron chi connectivity index (χ2n) is 5.93. The molecule has 0 fully saturated rings. The molecule has 0 spiro atoms. The first-order chi connectivity index (χ1) is 14.6. The number of hydrogen-bond donors (Lipinski definition) is 4. The zero-order valence-electron chi connectivity index (χ0n) is 15.9. The number of benzene rings is 2. The standard InChI is InChI=1S/C20H18N6O4/c1-29-17-8-15(5-6-16(17)18-10-22-12-30-18)26-19(24-11-21)25-14-4-2-3-13(7-14)9-23-20(27)28/h2-8,10,12,23H,9H2,1H3,(H,27,28)(H2,24,25,26). The number of nitriles is 1. The van der Waals surface area contributed by atoms with Crippen LogP contribution < -0.4 is 20.7 Å². The maximum atomic E-state index is 10.7. The van der Waals surface area contributed by atoms with Crippen LogP contribution >= 0.6 is 0 Å². The van der Waals surface area contributed by atoms with Gasteiger partial charge in [-0.2, -0.15) is 5.26 Å². The van der Waals surface area contributed by atoms with E-state index in [4.69, 9.17) is 19.5 Å². The Morgan fingerprint density at radius 2 is 2.20 bits per heavy atom. The molecular formula is C20H18N6O4. The number of carbonyl (C=O) groups is 1. The van der Waals surface area contributed by atoms with Gasteiger partial charge < -0.3 is 24.9 Å². The quantitative estimate of drug-likeness (QED) is 0.211. The topological polar surface area (TPSA) is 145 Å². The second kappa shape index (κ2) is 9.61. The Balaban J connectivity index is 1.83. The van der Waals surface area contributed by atoms with Crippen molar-refractivity contribution in [3.8, 4) is 23.3 Å². The van der Waals surface area contributed by atoms with E-state index in [0.717, 1.165) is 11.1 Å². The average molecular weight is 406 g/mol. The molecule has 0 atom stereocenters. The van der Waals surface area contributed by atoms with Gasteiger partial charge in [-0.3, -0.25) is 5.32 Å². The van der Waals surface area contributed by atoms with Crippen LogP contribution in [0.5, 0.6) is 5.75 Å². The lowest BCUT2D eigenvalue weighted by Gasteiger charge is -2.11. The van der Waals surface area contributed by atoms with E-state index in [0.29, 0.717) is 22.9 Å². The van der Waals surface area contributed by atoms with Crippen molar-refractivity contribution < 1.29 is 19.1 Å². The number of amides is 1. The van der Waals surface area contributed by atoms with Crippen LogP contribution in [0.4, 0.5) is 16.2 Å². The van der Waals surface area contributed by atoms with Gasteiger partial charge in [0.25, 0.3) is 0 Å². The third-order valence-electron chi connectivity index (χ3n) is 3.93. The zero-order valence-corrected chi connectivity index (χ0v) is 15.9. The Hall–Kier alpha value is -4.52. The molecule has 0 bridgehead atoms. The van der Waals surface area contributed by atoms with Gasteiger partial charge in [-0.1, -0.05) is 12.1 Å². The summed E-state index contributed by atoms with van der Waals surface area (Å²) < 4.78 is 10.7. The summed E-state index contributed by atoms with van der Waals surface area (Å²) in [5.41, 5.74) is 2.63. The molecule has 30 heavy (non-hydrogen) atoms. The summed E-state index contributed by atoms with van der Waals surface area (Å²) in [5, 5.41) is 25.6. The number of carboxylic acid groups (broad SMARTS) is 1. The Labute approximate surface area is 171 Å². The summed E-state index contributed by atoms with van der Waals surface area (Å²) in [6, 6.07) is 12.3. The number of rotatable bonds is 6. The maximum Gasteiger partial charge on any atom is 0.404 e. The number of ether oxygens (including phenoxy) is 1. The predicted octanol–water partition coefficient (Wildman–Crippen LogP) is 3.29. The summed E-state index contributed by atoms with van der Waals surface area (Å²) in [4.78, 5) is 19.0. The van der Waals surface area contributed by atoms with Gasteiger partial charge in [-0.15, -0.1) is 0 Å². The van der Waals surface area contributed by atoms with Gasteiger partial charge in [0.2, 0.25) is 5.96 Å². The lowest BCUT2D eigenvalue weighted by molar-refractivity contribution is 0.194. The number of aromatic nitrogens is 1. The fourth-order valence-corrected chi connectivity index (χ4v) is 2.64. The number of methoxy groups -OCH3 is 1. The smallest absolute Gasteiger partial charge is 0.404 e. The van der Waals surface area contributed by atoms with E-state index >= 15 is 0 Å². The SMILES string of the molecule is COc1cc(N=C(NC#N)Nc2cccc(CNC(=O)O)c2)ccc1-c1cnco1. The molecule has 4 N–H and O–H groups in total. The molecule has 10 heteroatoms. The largest absolute Gasteiger partial charge is 0.496 e. The molecule has 0 saturated heterocycles. The summed E-state index contributed by atoms with van der Waals surface area (Å²) >= 11 is 0. The highest BCUT2D eigenvalue weighted by molar-refractivity contribution is 5.96. The molecule has 0 aliphatic heterocycles. The summed E-state index contributed by atoms with van der Waals surface area (Å²) in [6.07, 6.45) is 3.64. The van der Waals surface area contributed by atoms with Crippen LogP contribution in [-0.4, -0.2) is 29.3 Å². The Morgan fingerprint density at radius 3 is 2.90 bits per heavy atom. The van der Waals surface area contributed by atoms with Crippen molar-refractivity contribution in [3.05, 3.63) is 60.6 Å². The van der Waals surface area contributed by atoms with Gasteiger partial charge in [0.1, 0.15) is 5.75 Å². The van der Waals surface area contributed by atoms with E-state index in [1.807, 2.05) is 6.19 Å². The van der Waals surface area contributed by atoms with Crippen molar-refractivity contribution >= 4 is 23.4 Å². The third-order valence-corrected chi connectivity index (χ3v) is 3.93. The molecule has 0 aliphatic carbocycles. The van der Waals surface area contributed by atoms with Gasteiger partial charge >= 0.3 is 6.09 Å². The molecule has 0 unspecified atom stereocenters. The lowest BCUT2D eigenvalue weighted by atomic mass is 10.1. The second-order valence-corrected chi connectivity index (χ2v) is 5.93. The summed E-state index contributed by atoms with van der Waals surface area (Å²) in [7, 11) is 1.53. The molecule has 1 aromatic heterocycles. The molecule has 0 radical (unpaired) electrons. The summed E-state index contributed by atoms with van der Waals surface area (Å²) in [6.45, 7) is 0.156. The van der Waals surface area contributed by atoms with Gasteiger partial charge in [-0.05, 0) is 29.8 Å². The van der Waals surface area contributed by atoms with Crippen LogP contribution in [0.3, 0.4) is 0 Å². The van der Waals surface area contributed by atoms with Crippen molar-refractivity contribution in [2.24, 2.45) is 4.99 Å². The van der Waals surface area contributed by atoms with Crippen molar-refractivity contribution in [1.82, 2.24) is 15.6 Å². The van der Waals surface area contributed by atoms with Crippen LogP contribution in [-0.2, 0) is 6.54 Å². The monoisotopic (exact) mass is 406 g/mol. The van der Waals surface area contributed by atoms with Gasteiger partial charge in [0.15, 0.2) is 18.3 Å². The number of oxazole rings is 1. The molecule has 10 nitrogen and oxygen atoms in total. The molecule has 3 aromatic rings. The van der Waals surface area contributed by atoms with Crippen molar-refractivity contribution in [2.45, 2.75) is 6.54 Å². The number of anilines is 1. The van der Waals surface area contributed by atoms with Crippen molar-refractivity contribution in [2.75, 3.05) is 12.4 Å². The normalized spacial score (nSPS) is 10.7. The number of aliphatic imine (C=N–C) groups is 1. The van der Waals surface area contributed by atoms with E-state index in [1.54, 1.807) is 48.7 Å². The van der Waals surface area contributed by atoms with E-state index in [9.17, 15) is 4.79 Å². The van der Waals surface area contributed by atoms with E-state index in [-0.39, 0.29) is 12.5 Å². The zero-order chi connectivity index (χ0) is 21.3.